The Kier molecular flexibility index (Phi) is 5.85. The first-order valence-electron chi connectivity index (χ1n) is 7.74. The Morgan fingerprint density at radius 1 is 0.571 bits per heavy atom. The van der Waals surface area contributed by atoms with Gasteiger partial charge in [0.1, 0.15) is 11.4 Å². The molecule has 1 aliphatic carbocycles. The number of rotatable bonds is 4. The van der Waals surface area contributed by atoms with Gasteiger partial charge in [-0.2, -0.15) is 25.6 Å². The van der Waals surface area contributed by atoms with E-state index in [4.69, 9.17) is 23.2 Å². The summed E-state index contributed by atoms with van der Waals surface area (Å²) >= 11 is 11.5. The van der Waals surface area contributed by atoms with Crippen molar-refractivity contribution < 1.29 is 16.8 Å². The van der Waals surface area contributed by atoms with E-state index in [1.807, 2.05) is 0 Å². The molecule has 0 saturated heterocycles. The number of sulfonamides is 2. The molecule has 0 spiro atoms. The molecule has 0 amide bonds. The fourth-order valence-corrected chi connectivity index (χ4v) is 4.45. The molecule has 0 fully saturated rings. The topological polar surface area (TPSA) is 93.0 Å². The van der Waals surface area contributed by atoms with Crippen LogP contribution in [-0.4, -0.2) is 28.3 Å². The zero-order chi connectivity index (χ0) is 20.4. The van der Waals surface area contributed by atoms with Gasteiger partial charge in [-0.3, -0.25) is 0 Å². The summed E-state index contributed by atoms with van der Waals surface area (Å²) < 4.78 is 57.6. The van der Waals surface area contributed by atoms with Crippen LogP contribution in [0.1, 0.15) is 0 Å². The van der Waals surface area contributed by atoms with Gasteiger partial charge in [0.15, 0.2) is 0 Å². The molecule has 0 bridgehead atoms. The number of hydrogen-bond acceptors (Lipinski definition) is 4. The highest BCUT2D eigenvalue weighted by Crippen LogP contribution is 2.19. The molecular weight excluding hydrogens is 443 g/mol. The average molecular weight is 455 g/mol. The van der Waals surface area contributed by atoms with Gasteiger partial charge in [0.2, 0.25) is 0 Å². The molecule has 0 heterocycles. The first-order valence-corrected chi connectivity index (χ1v) is 11.4. The van der Waals surface area contributed by atoms with Gasteiger partial charge in [-0.15, -0.1) is 0 Å². The maximum atomic E-state index is 12.5. The Hall–Kier alpha value is -2.26. The van der Waals surface area contributed by atoms with Crippen molar-refractivity contribution in [3.8, 4) is 0 Å². The number of halogens is 2. The number of benzene rings is 2. The number of allylic oxidation sites excluding steroid dienone is 4. The minimum absolute atomic E-state index is 0.0766. The minimum Gasteiger partial charge on any atom is -0.199 e. The van der Waals surface area contributed by atoms with E-state index in [-0.39, 0.29) is 21.2 Å². The van der Waals surface area contributed by atoms with Crippen LogP contribution in [0, 0.1) is 0 Å². The molecule has 0 aromatic heterocycles. The Morgan fingerprint density at radius 3 is 1.21 bits per heavy atom. The van der Waals surface area contributed by atoms with Crippen molar-refractivity contribution in [2.75, 3.05) is 0 Å². The standard InChI is InChI=1S/C18H12Cl2N2O4S2/c19-13-5-9-15(10-6-13)27(23,24)21-17-3-1-2-4-18(17)22-28(25,26)16-11-7-14(20)8-12-16/h1-12H. The van der Waals surface area contributed by atoms with Crippen molar-refractivity contribution in [2.45, 2.75) is 9.79 Å². The van der Waals surface area contributed by atoms with Crippen LogP contribution in [0.3, 0.4) is 0 Å². The molecule has 144 valence electrons. The number of hydrogen-bond donors (Lipinski definition) is 0. The zero-order valence-corrected chi connectivity index (χ0v) is 17.2. The maximum absolute atomic E-state index is 12.5. The van der Waals surface area contributed by atoms with E-state index < -0.39 is 20.0 Å². The van der Waals surface area contributed by atoms with E-state index in [0.717, 1.165) is 0 Å². The largest absolute Gasteiger partial charge is 0.282 e. The van der Waals surface area contributed by atoms with Crippen molar-refractivity contribution in [3.05, 3.63) is 82.9 Å². The second-order valence-electron chi connectivity index (χ2n) is 5.53. The predicted molar refractivity (Wildman–Crippen MR) is 110 cm³/mol. The van der Waals surface area contributed by atoms with E-state index in [1.165, 1.54) is 72.8 Å². The van der Waals surface area contributed by atoms with Gasteiger partial charge in [-0.25, -0.2) is 0 Å². The van der Waals surface area contributed by atoms with E-state index in [1.54, 1.807) is 0 Å². The molecule has 0 N–H and O–H groups in total. The Bertz CT molecular complexity index is 1130. The zero-order valence-electron chi connectivity index (χ0n) is 14.0. The minimum atomic E-state index is -4.08. The maximum Gasteiger partial charge on any atom is 0.282 e. The molecule has 1 aliphatic rings. The van der Waals surface area contributed by atoms with Crippen LogP contribution in [0.25, 0.3) is 0 Å². The van der Waals surface area contributed by atoms with Gasteiger partial charge in [0.25, 0.3) is 20.0 Å². The first kappa shape index (κ1) is 20.5. The molecule has 2 aromatic rings. The van der Waals surface area contributed by atoms with Gasteiger partial charge in [0, 0.05) is 10.0 Å². The summed E-state index contributed by atoms with van der Waals surface area (Å²) in [5, 5.41) is 0.756. The van der Waals surface area contributed by atoms with Gasteiger partial charge < -0.3 is 0 Å². The van der Waals surface area contributed by atoms with Crippen LogP contribution >= 0.6 is 23.2 Å². The van der Waals surface area contributed by atoms with Gasteiger partial charge in [0.05, 0.1) is 9.79 Å². The van der Waals surface area contributed by atoms with Gasteiger partial charge >= 0.3 is 0 Å². The molecule has 28 heavy (non-hydrogen) atoms. The predicted octanol–water partition coefficient (Wildman–Crippen LogP) is 4.08. The van der Waals surface area contributed by atoms with Gasteiger partial charge in [-0.1, -0.05) is 35.4 Å². The van der Waals surface area contributed by atoms with Crippen molar-refractivity contribution in [2.24, 2.45) is 8.80 Å². The molecule has 0 radical (unpaired) electrons. The van der Waals surface area contributed by atoms with Crippen LogP contribution in [0.15, 0.2) is 91.4 Å². The van der Waals surface area contributed by atoms with Crippen LogP contribution in [0.4, 0.5) is 0 Å². The molecule has 0 aliphatic heterocycles. The molecule has 0 saturated carbocycles. The fraction of sp³-hybridized carbons (Fsp3) is 0. The van der Waals surface area contributed by atoms with Crippen molar-refractivity contribution in [1.29, 1.82) is 0 Å². The third-order valence-corrected chi connectivity index (χ3v) is 6.66. The highest BCUT2D eigenvalue weighted by atomic mass is 35.5. The van der Waals surface area contributed by atoms with Crippen LogP contribution in [0.2, 0.25) is 10.0 Å². The summed E-state index contributed by atoms with van der Waals surface area (Å²) in [4.78, 5) is -0.153. The van der Waals surface area contributed by atoms with Crippen LogP contribution in [-0.2, 0) is 20.0 Å². The van der Waals surface area contributed by atoms with Crippen LogP contribution in [0.5, 0.6) is 0 Å². The summed E-state index contributed by atoms with van der Waals surface area (Å²) in [5.41, 5.74) is -0.204. The molecule has 3 rings (SSSR count). The summed E-state index contributed by atoms with van der Waals surface area (Å²) in [6.45, 7) is 0. The SMILES string of the molecule is O=S(=O)(N=C1C=CC=CC1=NS(=O)(=O)c1ccc(Cl)cc1)c1ccc(Cl)cc1. The summed E-state index contributed by atoms with van der Waals surface area (Å²) in [7, 11) is -8.17. The molecule has 0 atom stereocenters. The Morgan fingerprint density at radius 2 is 0.893 bits per heavy atom. The average Bonchev–Trinajstić information content (AvgIpc) is 2.64. The van der Waals surface area contributed by atoms with E-state index >= 15 is 0 Å². The molecular formula is C18H12Cl2N2O4S2. The molecule has 2 aromatic carbocycles. The molecule has 6 nitrogen and oxygen atoms in total. The van der Waals surface area contributed by atoms with E-state index in [0.29, 0.717) is 10.0 Å². The molecule has 0 unspecified atom stereocenters. The monoisotopic (exact) mass is 454 g/mol. The second kappa shape index (κ2) is 8.00. The number of nitrogens with zero attached hydrogens (tertiary/aromatic N) is 2. The fourth-order valence-electron chi connectivity index (χ4n) is 2.20. The summed E-state index contributed by atoms with van der Waals surface area (Å²) in [6.07, 6.45) is 5.79. The Balaban J connectivity index is 2.03. The van der Waals surface area contributed by atoms with Gasteiger partial charge in [-0.05, 0) is 60.7 Å². The van der Waals surface area contributed by atoms with Crippen molar-refractivity contribution in [3.63, 3.8) is 0 Å². The highest BCUT2D eigenvalue weighted by molar-refractivity contribution is 7.91. The lowest BCUT2D eigenvalue weighted by molar-refractivity contribution is 0.596. The van der Waals surface area contributed by atoms with E-state index in [2.05, 4.69) is 8.80 Å². The van der Waals surface area contributed by atoms with Crippen molar-refractivity contribution >= 4 is 54.7 Å². The van der Waals surface area contributed by atoms with Crippen molar-refractivity contribution in [1.82, 2.24) is 0 Å². The highest BCUT2D eigenvalue weighted by Gasteiger charge is 2.20. The normalized spacial score (nSPS) is 17.4. The third kappa shape index (κ3) is 4.77. The van der Waals surface area contributed by atoms with E-state index in [9.17, 15) is 16.8 Å². The summed E-state index contributed by atoms with van der Waals surface area (Å²) in [5.74, 6) is 0. The third-order valence-electron chi connectivity index (χ3n) is 3.54. The lowest BCUT2D eigenvalue weighted by atomic mass is 10.1. The quantitative estimate of drug-likeness (QED) is 0.650. The van der Waals surface area contributed by atoms with Crippen LogP contribution < -0.4 is 0 Å². The molecule has 10 heteroatoms. The summed E-state index contributed by atoms with van der Waals surface area (Å²) in [6, 6.07) is 10.9. The lowest BCUT2D eigenvalue weighted by Gasteiger charge is -2.07. The second-order valence-corrected chi connectivity index (χ2v) is 9.61. The smallest absolute Gasteiger partial charge is 0.199 e. The lowest BCUT2D eigenvalue weighted by Crippen LogP contribution is -2.16. The Labute approximate surface area is 172 Å². The first-order chi connectivity index (χ1) is 13.2.